The average Bonchev–Trinajstić information content (AvgIpc) is 4.15. The van der Waals surface area contributed by atoms with Crippen molar-refractivity contribution in [1.82, 2.24) is 41.3 Å². The number of esters is 1. The molecular formula is C59H76N11O14S. The molecule has 8 N–H and O–H groups in total. The highest BCUT2D eigenvalue weighted by Gasteiger charge is 2.60. The monoisotopic (exact) mass is 1190 g/mol. The lowest BCUT2D eigenvalue weighted by Crippen LogP contribution is -2.57. The fourth-order valence-corrected chi connectivity index (χ4v) is 10.0. The van der Waals surface area contributed by atoms with Crippen molar-refractivity contribution in [2.75, 3.05) is 32.8 Å². The van der Waals surface area contributed by atoms with E-state index in [2.05, 4.69) is 36.3 Å². The SMILES string of the molecule is Cc1ccc(S(=O)(=O)NC(N)=NCCC[C@H](NC(=O)CNC(=O)COc2ccc(C3=[N+]([O-])C(C)(C)C(C)(C)N3[O])cc2)C(=O)N2CCC[C@H]2C(=O)N[C@@H](C)C(=O)N[C@@H](CCCCNC(=O)OCc2ccccc2)C(=O)OCc2ccccc2)cc1. The normalized spacial score (nSPS) is 16.5. The van der Waals surface area contributed by atoms with Crippen molar-refractivity contribution in [3.8, 4) is 5.75 Å². The zero-order valence-corrected chi connectivity index (χ0v) is 49.4. The molecular weight excluding hydrogens is 1120 g/mol. The van der Waals surface area contributed by atoms with Gasteiger partial charge < -0.3 is 56.6 Å². The van der Waals surface area contributed by atoms with Crippen molar-refractivity contribution in [2.24, 2.45) is 10.7 Å². The van der Waals surface area contributed by atoms with E-state index in [1.165, 1.54) is 48.2 Å². The molecule has 4 aromatic carbocycles. The van der Waals surface area contributed by atoms with Crippen LogP contribution in [0.3, 0.4) is 0 Å². The second-order valence-corrected chi connectivity index (χ2v) is 23.3. The number of hydrogen-bond acceptors (Lipinski definition) is 15. The predicted molar refractivity (Wildman–Crippen MR) is 312 cm³/mol. The molecule has 2 aliphatic heterocycles. The molecule has 6 rings (SSSR count). The number of carbonyl (C=O) groups is 7. The molecule has 25 nitrogen and oxygen atoms in total. The van der Waals surface area contributed by atoms with Gasteiger partial charge in [0.15, 0.2) is 12.1 Å². The van der Waals surface area contributed by atoms with Crippen LogP contribution in [0, 0.1) is 12.1 Å². The molecule has 85 heavy (non-hydrogen) atoms. The van der Waals surface area contributed by atoms with E-state index in [1.54, 1.807) is 71.0 Å². The lowest BCUT2D eigenvalue weighted by molar-refractivity contribution is -0.539. The van der Waals surface area contributed by atoms with Gasteiger partial charge in [-0.15, -0.1) is 0 Å². The number of likely N-dealkylation sites (tertiary alicyclic amines) is 1. The topological polar surface area (TPSA) is 344 Å². The molecule has 2 heterocycles. The maximum Gasteiger partial charge on any atom is 0.407 e. The quantitative estimate of drug-likeness (QED) is 0.0107. The van der Waals surface area contributed by atoms with Crippen LogP contribution in [-0.2, 0) is 66.7 Å². The molecule has 26 heteroatoms. The van der Waals surface area contributed by atoms with Crippen molar-refractivity contribution in [3.63, 3.8) is 0 Å². The number of hydrogen-bond donors (Lipinski definition) is 7. The minimum atomic E-state index is -4.08. The zero-order chi connectivity index (χ0) is 61.9. The molecule has 0 unspecified atom stereocenters. The van der Waals surface area contributed by atoms with E-state index >= 15 is 0 Å². The van der Waals surface area contributed by atoms with Crippen LogP contribution in [-0.4, -0.2) is 145 Å². The molecule has 0 saturated carbocycles. The van der Waals surface area contributed by atoms with E-state index < -0.39 is 106 Å². The highest BCUT2D eigenvalue weighted by Crippen LogP contribution is 2.37. The molecule has 6 amide bonds. The molecule has 0 aromatic heterocycles. The van der Waals surface area contributed by atoms with Gasteiger partial charge in [-0.05, 0) is 134 Å². The van der Waals surface area contributed by atoms with Crippen LogP contribution in [0.15, 0.2) is 119 Å². The lowest BCUT2D eigenvalue weighted by atomic mass is 9.84. The van der Waals surface area contributed by atoms with Crippen LogP contribution in [0.25, 0.3) is 0 Å². The largest absolute Gasteiger partial charge is 0.714 e. The molecule has 457 valence electrons. The van der Waals surface area contributed by atoms with Crippen LogP contribution in [0.2, 0.25) is 0 Å². The number of benzene rings is 4. The average molecular weight is 1200 g/mol. The molecule has 0 spiro atoms. The second kappa shape index (κ2) is 30.2. The zero-order valence-electron chi connectivity index (χ0n) is 48.6. The number of guanidine groups is 1. The molecule has 0 aliphatic carbocycles. The van der Waals surface area contributed by atoms with Gasteiger partial charge in [-0.3, -0.25) is 33.7 Å². The maximum absolute atomic E-state index is 14.4. The molecule has 1 fully saturated rings. The van der Waals surface area contributed by atoms with Gasteiger partial charge in [-0.1, -0.05) is 83.4 Å². The Morgan fingerprint density at radius 3 is 2.02 bits per heavy atom. The number of sulfonamides is 1. The summed E-state index contributed by atoms with van der Waals surface area (Å²) in [5.41, 5.74) is 6.63. The number of unbranched alkanes of at least 4 members (excludes halogenated alkanes) is 1. The number of rotatable bonds is 28. The van der Waals surface area contributed by atoms with E-state index in [0.29, 0.717) is 34.6 Å². The second-order valence-electron chi connectivity index (χ2n) is 21.6. The summed E-state index contributed by atoms with van der Waals surface area (Å²) in [4.78, 5) is 99.7. The number of aryl methyl sites for hydroxylation is 1. The van der Waals surface area contributed by atoms with Gasteiger partial charge in [0.25, 0.3) is 15.9 Å². The van der Waals surface area contributed by atoms with Gasteiger partial charge in [0.2, 0.25) is 29.6 Å². The first-order chi connectivity index (χ1) is 40.4. The predicted octanol–water partition coefficient (Wildman–Crippen LogP) is 3.34. The molecule has 0 bridgehead atoms. The summed E-state index contributed by atoms with van der Waals surface area (Å²) in [5, 5.41) is 40.0. The smallest absolute Gasteiger partial charge is 0.407 e. The van der Waals surface area contributed by atoms with Gasteiger partial charge in [0.05, 0.1) is 17.0 Å². The van der Waals surface area contributed by atoms with E-state index in [1.807, 2.05) is 36.4 Å². The number of amidine groups is 1. The van der Waals surface area contributed by atoms with Crippen LogP contribution in [0.5, 0.6) is 5.75 Å². The fourth-order valence-electron chi connectivity index (χ4n) is 9.06. The third-order valence-electron chi connectivity index (χ3n) is 14.8. The van der Waals surface area contributed by atoms with E-state index in [9.17, 15) is 52.4 Å². The number of amides is 6. The number of nitrogens with one attached hydrogen (secondary N) is 6. The Morgan fingerprint density at radius 2 is 1.40 bits per heavy atom. The molecule has 1 saturated heterocycles. The van der Waals surface area contributed by atoms with Gasteiger partial charge >= 0.3 is 17.9 Å². The summed E-state index contributed by atoms with van der Waals surface area (Å²) in [6.07, 6.45) is 0.868. The Balaban J connectivity index is 1.05. The first-order valence-electron chi connectivity index (χ1n) is 27.9. The Hall–Kier alpha value is -8.78. The number of nitrogens with zero attached hydrogens (tertiary/aromatic N) is 4. The number of nitrogens with two attached hydrogens (primary N) is 1. The minimum Gasteiger partial charge on any atom is -0.714 e. The van der Waals surface area contributed by atoms with Gasteiger partial charge in [-0.25, -0.2) is 22.7 Å². The van der Waals surface area contributed by atoms with Crippen LogP contribution in [0.1, 0.15) is 102 Å². The summed E-state index contributed by atoms with van der Waals surface area (Å²) in [5.74, 6) is -4.54. The van der Waals surface area contributed by atoms with Gasteiger partial charge in [-0.2, -0.15) is 0 Å². The molecule has 4 atom stereocenters. The Morgan fingerprint density at radius 1 is 0.776 bits per heavy atom. The van der Waals surface area contributed by atoms with Gasteiger partial charge in [0.1, 0.15) is 48.7 Å². The third kappa shape index (κ3) is 18.4. The number of carbonyl (C=O) groups excluding carboxylic acids is 7. The number of ether oxygens (including phenoxy) is 3. The number of alkyl carbamates (subject to hydrolysis) is 1. The van der Waals surface area contributed by atoms with Crippen molar-refractivity contribution >= 4 is 63.4 Å². The Kier molecular flexibility index (Phi) is 23.2. The minimum absolute atomic E-state index is 0.0417. The maximum atomic E-state index is 14.4. The first-order valence-corrected chi connectivity index (χ1v) is 29.4. The fraction of sp³-hybridized carbons (Fsp3) is 0.441. The summed E-state index contributed by atoms with van der Waals surface area (Å²) in [6, 6.07) is 25.4. The van der Waals surface area contributed by atoms with Gasteiger partial charge in [0, 0.05) is 24.8 Å². The van der Waals surface area contributed by atoms with Crippen molar-refractivity contribution < 1.29 is 66.1 Å². The van der Waals surface area contributed by atoms with Crippen molar-refractivity contribution in [1.29, 1.82) is 0 Å². The Bertz CT molecular complexity index is 3150. The van der Waals surface area contributed by atoms with E-state index in [-0.39, 0.29) is 75.0 Å². The van der Waals surface area contributed by atoms with E-state index in [0.717, 1.165) is 16.7 Å². The summed E-state index contributed by atoms with van der Waals surface area (Å²) in [6.45, 7) is 9.04. The Labute approximate surface area is 494 Å². The third-order valence-corrected chi connectivity index (χ3v) is 16.2. The van der Waals surface area contributed by atoms with Crippen molar-refractivity contribution in [3.05, 3.63) is 137 Å². The molecule has 2 aliphatic rings. The summed E-state index contributed by atoms with van der Waals surface area (Å²) in [7, 11) is -4.08. The van der Waals surface area contributed by atoms with Crippen LogP contribution < -0.4 is 41.8 Å². The molecule has 4 aromatic rings. The number of hydroxylamine groups is 3. The summed E-state index contributed by atoms with van der Waals surface area (Å²) >= 11 is 0. The van der Waals surface area contributed by atoms with E-state index in [4.69, 9.17) is 19.9 Å². The van der Waals surface area contributed by atoms with Crippen LogP contribution in [0.4, 0.5) is 4.79 Å². The highest BCUT2D eigenvalue weighted by molar-refractivity contribution is 7.90. The summed E-state index contributed by atoms with van der Waals surface area (Å²) < 4.78 is 45.2. The highest BCUT2D eigenvalue weighted by atomic mass is 32.2. The van der Waals surface area contributed by atoms with Crippen molar-refractivity contribution in [2.45, 2.75) is 140 Å². The molecule has 1 radical (unpaired) electrons. The standard InChI is InChI=1S/C59H76N11O14S/c1-39-24-30-45(31-25-39)85(80,81)67-56(60)61-33-15-22-46(65-49(71)35-63-50(72)38-82-44-28-26-43(27-29-44)53-69(78)58(3,4)59(5,6)70(53)79)54(75)68-34-16-23-48(68)52(74)64-40(2)51(73)66-47(55(76)83-36-41-17-9-7-10-18-41)21-13-14-32-62-57(77)84-37-42-19-11-8-12-20-42/h7-12,17-20,24-31,40,46-48H,13-16,21-23,32-38H2,1-6H3,(H,62,77)(H,63,72)(H,64,74)(H,65,71)(H,66,73)(H3,60,61,67)/t40-,46-,47-,48-/m0/s1. The lowest BCUT2D eigenvalue weighted by Gasteiger charge is -2.32. The number of aliphatic imine (C=N–C) groups is 1. The first kappa shape index (κ1) is 65.4. The van der Waals surface area contributed by atoms with Crippen LogP contribution >= 0.6 is 0 Å².